The number of ether oxygens (including phenoxy) is 1. The van der Waals surface area contributed by atoms with Crippen LogP contribution in [0.3, 0.4) is 0 Å². The average Bonchev–Trinajstić information content (AvgIpc) is 2.99. The van der Waals surface area contributed by atoms with E-state index in [1.54, 1.807) is 13.1 Å². The number of para-hydroxylation sites is 1. The third kappa shape index (κ3) is 3.52. The van der Waals surface area contributed by atoms with Crippen LogP contribution >= 0.6 is 0 Å². The maximum atomic E-state index is 13.0. The molecule has 3 heterocycles. The fourth-order valence-corrected chi connectivity index (χ4v) is 3.83. The molecule has 156 valence electrons. The van der Waals surface area contributed by atoms with Crippen LogP contribution in [0.1, 0.15) is 55.3 Å². The number of nitrogens with zero attached hydrogens (tertiary/aromatic N) is 2. The van der Waals surface area contributed by atoms with E-state index < -0.39 is 35.4 Å². The molecule has 1 unspecified atom stereocenters. The van der Waals surface area contributed by atoms with Crippen molar-refractivity contribution in [3.05, 3.63) is 71.2 Å². The highest BCUT2D eigenvalue weighted by Crippen LogP contribution is 2.46. The predicted molar refractivity (Wildman–Crippen MR) is 104 cm³/mol. The summed E-state index contributed by atoms with van der Waals surface area (Å²) in [5.74, 6) is -0.395. The van der Waals surface area contributed by atoms with Gasteiger partial charge in [-0.05, 0) is 39.0 Å². The molecule has 8 heteroatoms. The highest BCUT2D eigenvalue weighted by molar-refractivity contribution is 5.89. The molecule has 5 nitrogen and oxygen atoms in total. The lowest BCUT2D eigenvalue weighted by Crippen LogP contribution is -2.33. The van der Waals surface area contributed by atoms with Crippen LogP contribution in [0.5, 0.6) is 0 Å². The highest BCUT2D eigenvalue weighted by atomic mass is 19.4. The van der Waals surface area contributed by atoms with Crippen LogP contribution in [0.25, 0.3) is 10.9 Å². The number of hydrogen-bond donors (Lipinski definition) is 1. The molecule has 4 rings (SSSR count). The second-order valence-corrected chi connectivity index (χ2v) is 7.81. The Bertz CT molecular complexity index is 1110. The van der Waals surface area contributed by atoms with Crippen molar-refractivity contribution in [1.82, 2.24) is 15.3 Å². The Hall–Kier alpha value is -3.00. The van der Waals surface area contributed by atoms with Gasteiger partial charge in [0.25, 0.3) is 5.91 Å². The Morgan fingerprint density at radius 1 is 1.13 bits per heavy atom. The first-order valence-corrected chi connectivity index (χ1v) is 9.47. The molecule has 0 radical (unpaired) electrons. The van der Waals surface area contributed by atoms with Gasteiger partial charge < -0.3 is 10.1 Å². The van der Waals surface area contributed by atoms with Gasteiger partial charge >= 0.3 is 6.18 Å². The summed E-state index contributed by atoms with van der Waals surface area (Å²) in [6, 6.07) is 9.27. The number of fused-ring (bicyclic) bond motifs is 3. The molecule has 1 aliphatic rings. The van der Waals surface area contributed by atoms with E-state index in [-0.39, 0.29) is 0 Å². The van der Waals surface area contributed by atoms with Gasteiger partial charge in [-0.25, -0.2) is 0 Å². The second-order valence-electron chi connectivity index (χ2n) is 7.81. The number of benzene rings is 1. The van der Waals surface area contributed by atoms with Crippen molar-refractivity contribution in [2.24, 2.45) is 0 Å². The molecule has 0 aliphatic carbocycles. The Labute approximate surface area is 171 Å². The number of carbonyl (C=O) groups is 1. The fraction of sp³-hybridized carbons (Fsp3) is 0.318. The lowest BCUT2D eigenvalue weighted by Gasteiger charge is -2.22. The smallest absolute Gasteiger partial charge is 0.353 e. The third-order valence-electron chi connectivity index (χ3n) is 5.26. The molecular formula is C22H20F3N3O2. The topological polar surface area (TPSA) is 64.1 Å². The first-order chi connectivity index (χ1) is 14.1. The summed E-state index contributed by atoms with van der Waals surface area (Å²) in [6.45, 7) is 5.45. The average molecular weight is 415 g/mol. The van der Waals surface area contributed by atoms with Gasteiger partial charge in [-0.1, -0.05) is 18.2 Å². The van der Waals surface area contributed by atoms with Crippen LogP contribution in [0, 0.1) is 0 Å². The van der Waals surface area contributed by atoms with Crippen LogP contribution in [-0.4, -0.2) is 15.9 Å². The molecule has 2 aromatic heterocycles. The molecule has 1 amide bonds. The van der Waals surface area contributed by atoms with Gasteiger partial charge in [-0.2, -0.15) is 13.2 Å². The molecule has 1 aromatic carbocycles. The Morgan fingerprint density at radius 2 is 1.87 bits per heavy atom. The molecule has 1 aliphatic heterocycles. The zero-order valence-electron chi connectivity index (χ0n) is 16.6. The number of pyridine rings is 2. The summed E-state index contributed by atoms with van der Waals surface area (Å²) >= 11 is 0. The zero-order chi connectivity index (χ0) is 21.7. The lowest BCUT2D eigenvalue weighted by atomic mass is 9.91. The molecular weight excluding hydrogens is 395 g/mol. The summed E-state index contributed by atoms with van der Waals surface area (Å²) in [5.41, 5.74) is 1.20. The highest BCUT2D eigenvalue weighted by Gasteiger charge is 2.43. The first-order valence-electron chi connectivity index (χ1n) is 9.47. The number of amides is 1. The van der Waals surface area contributed by atoms with E-state index in [0.29, 0.717) is 11.3 Å². The molecule has 0 bridgehead atoms. The van der Waals surface area contributed by atoms with Gasteiger partial charge in [-0.3, -0.25) is 14.8 Å². The summed E-state index contributed by atoms with van der Waals surface area (Å²) in [6.07, 6.45) is -2.92. The van der Waals surface area contributed by atoms with Crippen LogP contribution in [0.2, 0.25) is 0 Å². The molecule has 0 fully saturated rings. The van der Waals surface area contributed by atoms with Gasteiger partial charge in [0.15, 0.2) is 6.10 Å². The summed E-state index contributed by atoms with van der Waals surface area (Å²) < 4.78 is 44.3. The SMILES string of the molecule is C[C@@H](NC(=O)C1OC(C)(C)c2c1cnc1ccccc21)c1ccc(C(F)(F)F)cn1. The van der Waals surface area contributed by atoms with Gasteiger partial charge in [0, 0.05) is 28.9 Å². The number of alkyl halides is 3. The zero-order valence-corrected chi connectivity index (χ0v) is 16.6. The molecule has 2 atom stereocenters. The third-order valence-corrected chi connectivity index (χ3v) is 5.26. The normalized spacial score (nSPS) is 18.8. The number of carbonyl (C=O) groups excluding carboxylic acids is 1. The molecule has 0 saturated carbocycles. The Balaban J connectivity index is 1.59. The largest absolute Gasteiger partial charge is 0.417 e. The summed E-state index contributed by atoms with van der Waals surface area (Å²) in [7, 11) is 0. The minimum Gasteiger partial charge on any atom is -0.353 e. The van der Waals surface area contributed by atoms with Crippen LogP contribution in [0.15, 0.2) is 48.8 Å². The van der Waals surface area contributed by atoms with Gasteiger partial charge in [0.2, 0.25) is 0 Å². The summed E-state index contributed by atoms with van der Waals surface area (Å²) in [5, 5.41) is 3.71. The quantitative estimate of drug-likeness (QED) is 0.665. The molecule has 0 saturated heterocycles. The van der Waals surface area contributed by atoms with Crippen LogP contribution in [0.4, 0.5) is 13.2 Å². The molecule has 3 aromatic rings. The van der Waals surface area contributed by atoms with Crippen molar-refractivity contribution >= 4 is 16.8 Å². The van der Waals surface area contributed by atoms with Crippen molar-refractivity contribution in [3.63, 3.8) is 0 Å². The number of aromatic nitrogens is 2. The van der Waals surface area contributed by atoms with Crippen molar-refractivity contribution in [3.8, 4) is 0 Å². The van der Waals surface area contributed by atoms with Crippen LogP contribution in [-0.2, 0) is 21.3 Å². The van der Waals surface area contributed by atoms with Crippen molar-refractivity contribution in [2.45, 2.75) is 44.7 Å². The summed E-state index contributed by atoms with van der Waals surface area (Å²) in [4.78, 5) is 21.3. The van der Waals surface area contributed by atoms with E-state index >= 15 is 0 Å². The van der Waals surface area contributed by atoms with E-state index in [1.165, 1.54) is 6.07 Å². The number of nitrogens with one attached hydrogen (secondary N) is 1. The van der Waals surface area contributed by atoms with Gasteiger partial charge in [0.05, 0.1) is 28.4 Å². The monoisotopic (exact) mass is 415 g/mol. The van der Waals surface area contributed by atoms with E-state index in [2.05, 4.69) is 15.3 Å². The minimum absolute atomic E-state index is 0.325. The van der Waals surface area contributed by atoms with Crippen molar-refractivity contribution < 1.29 is 22.7 Å². The van der Waals surface area contributed by atoms with Crippen LogP contribution < -0.4 is 5.32 Å². The van der Waals surface area contributed by atoms with Gasteiger partial charge in [0.1, 0.15) is 0 Å². The molecule has 30 heavy (non-hydrogen) atoms. The molecule has 0 spiro atoms. The standard InChI is InChI=1S/C22H20F3N3O2/c1-12(16-9-8-13(10-26-16)22(23,24)25)28-20(29)19-15-11-27-17-7-5-4-6-14(17)18(15)21(2,3)30-19/h4-12,19H,1-3H3,(H,28,29)/t12-,19?/m1/s1. The van der Waals surface area contributed by atoms with E-state index in [9.17, 15) is 18.0 Å². The van der Waals surface area contributed by atoms with Crippen molar-refractivity contribution in [2.75, 3.05) is 0 Å². The maximum Gasteiger partial charge on any atom is 0.417 e. The second kappa shape index (κ2) is 7.05. The molecule has 1 N–H and O–H groups in total. The predicted octanol–water partition coefficient (Wildman–Crippen LogP) is 4.83. The Kier molecular flexibility index (Phi) is 4.77. The Morgan fingerprint density at radius 3 is 2.53 bits per heavy atom. The van der Waals surface area contributed by atoms with E-state index in [0.717, 1.165) is 28.7 Å². The van der Waals surface area contributed by atoms with E-state index in [1.807, 2.05) is 38.1 Å². The number of halogens is 3. The fourth-order valence-electron chi connectivity index (χ4n) is 3.83. The van der Waals surface area contributed by atoms with Crippen molar-refractivity contribution in [1.29, 1.82) is 0 Å². The van der Waals surface area contributed by atoms with E-state index in [4.69, 9.17) is 4.74 Å². The minimum atomic E-state index is -4.46. The lowest BCUT2D eigenvalue weighted by molar-refractivity contribution is -0.141. The first kappa shape index (κ1) is 20.3. The number of hydrogen-bond acceptors (Lipinski definition) is 4. The maximum absolute atomic E-state index is 13.0. The van der Waals surface area contributed by atoms with Gasteiger partial charge in [-0.15, -0.1) is 0 Å². The number of rotatable bonds is 3.